The highest BCUT2D eigenvalue weighted by Gasteiger charge is 1.86. The molecule has 0 amide bonds. The molecule has 0 saturated heterocycles. The predicted molar refractivity (Wildman–Crippen MR) is 33.4 cm³/mol. The number of nitrogens with zero attached hydrogens (tertiary/aromatic N) is 1. The Balaban J connectivity index is 0. The van der Waals surface area contributed by atoms with Crippen LogP contribution >= 0.6 is 12.4 Å². The van der Waals surface area contributed by atoms with E-state index in [1.54, 1.807) is 7.05 Å². The molecule has 0 saturated carbocycles. The third-order valence-electron chi connectivity index (χ3n) is 0.640. The number of aliphatic hydroxyl groups is 1. The SMILES string of the molecule is CN(O)CCCO.Cl. The average molecular weight is 142 g/mol. The van der Waals surface area contributed by atoms with Gasteiger partial charge in [0.05, 0.1) is 0 Å². The first-order valence-corrected chi connectivity index (χ1v) is 2.28. The Hall–Kier alpha value is 0.170. The van der Waals surface area contributed by atoms with Crippen molar-refractivity contribution in [1.82, 2.24) is 5.06 Å². The zero-order valence-electron chi connectivity index (χ0n) is 4.87. The monoisotopic (exact) mass is 141 g/mol. The van der Waals surface area contributed by atoms with Crippen molar-refractivity contribution in [3.05, 3.63) is 0 Å². The minimum atomic E-state index is 0. The van der Waals surface area contributed by atoms with Gasteiger partial charge in [-0.2, -0.15) is 5.06 Å². The molecule has 8 heavy (non-hydrogen) atoms. The lowest BCUT2D eigenvalue weighted by Crippen LogP contribution is -2.14. The second-order valence-corrected chi connectivity index (χ2v) is 1.46. The molecule has 0 unspecified atom stereocenters. The Morgan fingerprint density at radius 2 is 2.00 bits per heavy atom. The first-order chi connectivity index (χ1) is 3.27. The van der Waals surface area contributed by atoms with E-state index in [1.807, 2.05) is 0 Å². The van der Waals surface area contributed by atoms with Gasteiger partial charge in [-0.3, -0.25) is 0 Å². The summed E-state index contributed by atoms with van der Waals surface area (Å²) in [5.41, 5.74) is 0. The Labute approximate surface area is 55.3 Å². The van der Waals surface area contributed by atoms with Gasteiger partial charge in [-0.25, -0.2) is 0 Å². The van der Waals surface area contributed by atoms with Gasteiger partial charge in [0.25, 0.3) is 0 Å². The first-order valence-electron chi connectivity index (χ1n) is 2.28. The molecule has 52 valence electrons. The second kappa shape index (κ2) is 7.17. The van der Waals surface area contributed by atoms with Crippen LogP contribution in [0.4, 0.5) is 0 Å². The van der Waals surface area contributed by atoms with Gasteiger partial charge < -0.3 is 10.3 Å². The summed E-state index contributed by atoms with van der Waals surface area (Å²) < 4.78 is 0. The smallest absolute Gasteiger partial charge is 0.0444 e. The summed E-state index contributed by atoms with van der Waals surface area (Å²) in [7, 11) is 1.55. The summed E-state index contributed by atoms with van der Waals surface area (Å²) in [4.78, 5) is 0. The van der Waals surface area contributed by atoms with Crippen LogP contribution in [0, 0.1) is 0 Å². The van der Waals surface area contributed by atoms with E-state index >= 15 is 0 Å². The number of hydrogen-bond acceptors (Lipinski definition) is 3. The van der Waals surface area contributed by atoms with Gasteiger partial charge in [-0.1, -0.05) is 0 Å². The number of hydrogen-bond donors (Lipinski definition) is 2. The second-order valence-electron chi connectivity index (χ2n) is 1.46. The van der Waals surface area contributed by atoms with E-state index in [0.717, 1.165) is 5.06 Å². The first kappa shape index (κ1) is 11.0. The van der Waals surface area contributed by atoms with Crippen molar-refractivity contribution >= 4 is 12.4 Å². The fraction of sp³-hybridized carbons (Fsp3) is 1.00. The van der Waals surface area contributed by atoms with Crippen molar-refractivity contribution < 1.29 is 10.3 Å². The quantitative estimate of drug-likeness (QED) is 0.549. The van der Waals surface area contributed by atoms with Crippen molar-refractivity contribution in [1.29, 1.82) is 0 Å². The van der Waals surface area contributed by atoms with Gasteiger partial charge in [0, 0.05) is 20.2 Å². The van der Waals surface area contributed by atoms with E-state index < -0.39 is 0 Å². The van der Waals surface area contributed by atoms with Crippen LogP contribution < -0.4 is 0 Å². The maximum atomic E-state index is 8.41. The van der Waals surface area contributed by atoms with E-state index in [4.69, 9.17) is 10.3 Å². The predicted octanol–water partition coefficient (Wildman–Crippen LogP) is 0.112. The number of rotatable bonds is 3. The van der Waals surface area contributed by atoms with Gasteiger partial charge in [0.2, 0.25) is 0 Å². The normalized spacial score (nSPS) is 9.00. The molecular formula is C4H12ClNO2. The lowest BCUT2D eigenvalue weighted by Gasteiger charge is -2.03. The van der Waals surface area contributed by atoms with Crippen molar-refractivity contribution in [2.24, 2.45) is 0 Å². The van der Waals surface area contributed by atoms with Crippen LogP contribution in [0.25, 0.3) is 0 Å². The molecule has 0 atom stereocenters. The van der Waals surface area contributed by atoms with Crippen molar-refractivity contribution in [3.63, 3.8) is 0 Å². The van der Waals surface area contributed by atoms with Gasteiger partial charge in [-0.15, -0.1) is 12.4 Å². The molecule has 0 heterocycles. The maximum Gasteiger partial charge on any atom is 0.0444 e. The highest BCUT2D eigenvalue weighted by Crippen LogP contribution is 1.77. The molecule has 0 rings (SSSR count). The molecular weight excluding hydrogens is 130 g/mol. The standard InChI is InChI=1S/C4H11NO2.ClH/c1-5(7)3-2-4-6;/h6-7H,2-4H2,1H3;1H. The highest BCUT2D eigenvalue weighted by molar-refractivity contribution is 5.85. The molecule has 4 heteroatoms. The van der Waals surface area contributed by atoms with Gasteiger partial charge >= 0.3 is 0 Å². The van der Waals surface area contributed by atoms with Crippen molar-refractivity contribution in [2.75, 3.05) is 20.2 Å². The van der Waals surface area contributed by atoms with Gasteiger partial charge in [0.15, 0.2) is 0 Å². The Morgan fingerprint density at radius 1 is 1.50 bits per heavy atom. The van der Waals surface area contributed by atoms with E-state index in [-0.39, 0.29) is 19.0 Å². The molecule has 0 aromatic rings. The average Bonchev–Trinajstić information content (AvgIpc) is 1.61. The van der Waals surface area contributed by atoms with E-state index in [1.165, 1.54) is 0 Å². The van der Waals surface area contributed by atoms with Gasteiger partial charge in [-0.05, 0) is 6.42 Å². The summed E-state index contributed by atoms with van der Waals surface area (Å²) >= 11 is 0. The highest BCUT2D eigenvalue weighted by atomic mass is 35.5. The molecule has 0 bridgehead atoms. The number of hydroxylamine groups is 2. The Kier molecular flexibility index (Phi) is 9.89. The number of halogens is 1. The van der Waals surface area contributed by atoms with E-state index in [2.05, 4.69) is 0 Å². The minimum absolute atomic E-state index is 0. The summed E-state index contributed by atoms with van der Waals surface area (Å²) in [6.45, 7) is 0.682. The van der Waals surface area contributed by atoms with Crippen LogP contribution in [0.1, 0.15) is 6.42 Å². The molecule has 3 nitrogen and oxygen atoms in total. The summed E-state index contributed by atoms with van der Waals surface area (Å²) in [6, 6.07) is 0. The summed E-state index contributed by atoms with van der Waals surface area (Å²) in [6.07, 6.45) is 0.632. The van der Waals surface area contributed by atoms with Crippen LogP contribution in [0.15, 0.2) is 0 Å². The van der Waals surface area contributed by atoms with Gasteiger partial charge in [0.1, 0.15) is 0 Å². The molecule has 0 aliphatic heterocycles. The fourth-order valence-electron chi connectivity index (χ4n) is 0.300. The molecule has 0 fully saturated rings. The van der Waals surface area contributed by atoms with Crippen LogP contribution in [-0.4, -0.2) is 35.6 Å². The van der Waals surface area contributed by atoms with Crippen LogP contribution in [0.5, 0.6) is 0 Å². The van der Waals surface area contributed by atoms with Crippen LogP contribution in [0.2, 0.25) is 0 Å². The van der Waals surface area contributed by atoms with E-state index in [0.29, 0.717) is 13.0 Å². The van der Waals surface area contributed by atoms with Crippen LogP contribution in [0.3, 0.4) is 0 Å². The molecule has 0 aliphatic rings. The van der Waals surface area contributed by atoms with Crippen molar-refractivity contribution in [2.45, 2.75) is 6.42 Å². The Bertz CT molecular complexity index is 43.0. The third kappa shape index (κ3) is 9.48. The number of aliphatic hydroxyl groups excluding tert-OH is 1. The topological polar surface area (TPSA) is 43.7 Å². The van der Waals surface area contributed by atoms with Crippen LogP contribution in [-0.2, 0) is 0 Å². The zero-order valence-corrected chi connectivity index (χ0v) is 5.69. The Morgan fingerprint density at radius 3 is 2.12 bits per heavy atom. The molecule has 0 aromatic heterocycles. The maximum absolute atomic E-state index is 8.41. The zero-order chi connectivity index (χ0) is 5.70. The third-order valence-corrected chi connectivity index (χ3v) is 0.640. The summed E-state index contributed by atoms with van der Waals surface area (Å²) in [5, 5.41) is 17.6. The largest absolute Gasteiger partial charge is 0.396 e. The lowest BCUT2D eigenvalue weighted by atomic mass is 10.5. The minimum Gasteiger partial charge on any atom is -0.396 e. The van der Waals surface area contributed by atoms with E-state index in [9.17, 15) is 0 Å². The molecule has 0 radical (unpaired) electrons. The molecule has 0 spiro atoms. The lowest BCUT2D eigenvalue weighted by molar-refractivity contribution is -0.0675. The summed E-state index contributed by atoms with van der Waals surface area (Å²) in [5.74, 6) is 0. The molecule has 2 N–H and O–H groups in total. The fourth-order valence-corrected chi connectivity index (χ4v) is 0.300. The molecule has 0 aliphatic carbocycles. The van der Waals surface area contributed by atoms with Crippen molar-refractivity contribution in [3.8, 4) is 0 Å². The molecule has 0 aromatic carbocycles.